The molecule has 0 aromatic carbocycles. The molecule has 2 nitrogen and oxygen atoms in total. The van der Waals surface area contributed by atoms with Crippen molar-refractivity contribution in [2.24, 2.45) is 0 Å². The normalized spacial score (nSPS) is 27.8. The van der Waals surface area contributed by atoms with E-state index in [1.165, 1.54) is 11.3 Å². The van der Waals surface area contributed by atoms with Gasteiger partial charge in [-0.25, -0.2) is 0 Å². The second kappa shape index (κ2) is 4.10. The van der Waals surface area contributed by atoms with Crippen molar-refractivity contribution in [2.75, 3.05) is 5.73 Å². The maximum absolute atomic E-state index is 12.4. The fraction of sp³-hybridized carbons (Fsp3) is 0.455. The summed E-state index contributed by atoms with van der Waals surface area (Å²) in [6, 6.07) is 0. The van der Waals surface area contributed by atoms with Crippen LogP contribution in [0.3, 0.4) is 0 Å². The second-order valence-corrected chi connectivity index (χ2v) is 6.72. The van der Waals surface area contributed by atoms with Crippen LogP contribution in [0.1, 0.15) is 26.2 Å². The molecule has 0 saturated heterocycles. The molecule has 1 aromatic heterocycles. The quantitative estimate of drug-likeness (QED) is 0.809. The number of rotatable bonds is 2. The van der Waals surface area contributed by atoms with Gasteiger partial charge >= 0.3 is 0 Å². The van der Waals surface area contributed by atoms with Crippen molar-refractivity contribution in [1.82, 2.24) is 0 Å². The van der Waals surface area contributed by atoms with E-state index < -0.39 is 10.8 Å². The molecule has 2 atom stereocenters. The van der Waals surface area contributed by atoms with E-state index in [9.17, 15) is 4.21 Å². The number of anilines is 1. The van der Waals surface area contributed by atoms with E-state index in [-0.39, 0.29) is 4.75 Å². The van der Waals surface area contributed by atoms with Crippen molar-refractivity contribution in [1.29, 1.82) is 0 Å². The Balaban J connectivity index is 2.32. The van der Waals surface area contributed by atoms with Crippen molar-refractivity contribution in [3.05, 3.63) is 22.9 Å². The molecule has 1 heterocycles. The summed E-state index contributed by atoms with van der Waals surface area (Å²) in [6.07, 6.45) is 7.41. The zero-order valence-electron chi connectivity index (χ0n) is 8.73. The van der Waals surface area contributed by atoms with Crippen molar-refractivity contribution < 1.29 is 4.21 Å². The predicted molar refractivity (Wildman–Crippen MR) is 66.5 cm³/mol. The second-order valence-electron chi connectivity index (χ2n) is 4.07. The van der Waals surface area contributed by atoms with E-state index in [2.05, 4.69) is 19.1 Å². The number of hydrogen-bond donors (Lipinski definition) is 1. The summed E-state index contributed by atoms with van der Waals surface area (Å²) in [5.41, 5.74) is 6.47. The Kier molecular flexibility index (Phi) is 2.98. The molecule has 1 aromatic rings. The van der Waals surface area contributed by atoms with E-state index in [1.54, 1.807) is 0 Å². The summed E-state index contributed by atoms with van der Waals surface area (Å²) in [5.74, 6) is 0. The van der Waals surface area contributed by atoms with Gasteiger partial charge in [-0.2, -0.15) is 0 Å². The Hall–Kier alpha value is -0.610. The predicted octanol–water partition coefficient (Wildman–Crippen LogP) is 2.94. The highest BCUT2D eigenvalue weighted by Gasteiger charge is 2.32. The minimum atomic E-state index is -1.02. The highest BCUT2D eigenvalue weighted by molar-refractivity contribution is 7.87. The van der Waals surface area contributed by atoms with Gasteiger partial charge in [0.05, 0.1) is 26.1 Å². The molecule has 0 spiro atoms. The first-order valence-electron chi connectivity index (χ1n) is 5.05. The van der Waals surface area contributed by atoms with Crippen LogP contribution in [0.5, 0.6) is 0 Å². The van der Waals surface area contributed by atoms with Crippen LogP contribution < -0.4 is 5.73 Å². The number of hydrogen-bond acceptors (Lipinski definition) is 3. The molecular weight excluding hydrogens is 226 g/mol. The third-order valence-corrected chi connectivity index (χ3v) is 5.64. The molecule has 0 amide bonds. The molecule has 82 valence electrons. The van der Waals surface area contributed by atoms with Crippen LogP contribution in [0, 0.1) is 0 Å². The van der Waals surface area contributed by atoms with Crippen LogP contribution in [0.2, 0.25) is 0 Å². The van der Waals surface area contributed by atoms with Crippen LogP contribution in [-0.4, -0.2) is 8.96 Å². The summed E-state index contributed by atoms with van der Waals surface area (Å²) in [5, 5.41) is 3.75. The number of thiophene rings is 1. The number of nitrogen functional groups attached to an aromatic ring is 1. The molecule has 0 fully saturated rings. The van der Waals surface area contributed by atoms with Crippen molar-refractivity contribution in [3.8, 4) is 0 Å². The molecule has 1 aliphatic carbocycles. The monoisotopic (exact) mass is 241 g/mol. The smallest absolute Gasteiger partial charge is 0.0733 e. The van der Waals surface area contributed by atoms with Gasteiger partial charge in [0.15, 0.2) is 0 Å². The van der Waals surface area contributed by atoms with Crippen molar-refractivity contribution in [3.63, 3.8) is 0 Å². The first-order chi connectivity index (χ1) is 7.13. The Labute approximate surface area is 96.6 Å². The first-order valence-corrected chi connectivity index (χ1v) is 7.14. The summed E-state index contributed by atoms with van der Waals surface area (Å²) < 4.78 is 12.2. The van der Waals surface area contributed by atoms with Gasteiger partial charge in [-0.05, 0) is 26.2 Å². The molecule has 2 unspecified atom stereocenters. The van der Waals surface area contributed by atoms with Crippen LogP contribution in [0.25, 0.3) is 0 Å². The van der Waals surface area contributed by atoms with Crippen LogP contribution in [0.4, 0.5) is 5.69 Å². The van der Waals surface area contributed by atoms with Crippen molar-refractivity contribution >= 4 is 27.8 Å². The average molecular weight is 241 g/mol. The number of allylic oxidation sites excluding steroid dienone is 1. The fourth-order valence-electron chi connectivity index (χ4n) is 1.84. The van der Waals surface area contributed by atoms with E-state index in [4.69, 9.17) is 5.73 Å². The zero-order valence-corrected chi connectivity index (χ0v) is 10.4. The standard InChI is InChI=1S/C11H15NOS2/c1-11(5-3-2-4-6-11)15(13)10-8-14-7-9(10)12/h3,5,7-8H,2,4,6,12H2,1H3. The van der Waals surface area contributed by atoms with Crippen molar-refractivity contribution in [2.45, 2.75) is 35.8 Å². The van der Waals surface area contributed by atoms with Crippen LogP contribution >= 0.6 is 11.3 Å². The molecule has 15 heavy (non-hydrogen) atoms. The lowest BCUT2D eigenvalue weighted by molar-refractivity contribution is 0.588. The van der Waals surface area contributed by atoms with E-state index >= 15 is 0 Å². The minimum Gasteiger partial charge on any atom is -0.397 e. The summed E-state index contributed by atoms with van der Waals surface area (Å²) >= 11 is 1.52. The third-order valence-electron chi connectivity index (χ3n) is 2.79. The number of nitrogens with two attached hydrogens (primary N) is 1. The van der Waals surface area contributed by atoms with Gasteiger partial charge in [0.2, 0.25) is 0 Å². The van der Waals surface area contributed by atoms with Gasteiger partial charge in [-0.15, -0.1) is 11.3 Å². The third kappa shape index (κ3) is 2.01. The van der Waals surface area contributed by atoms with Gasteiger partial charge in [0.25, 0.3) is 0 Å². The van der Waals surface area contributed by atoms with Crippen LogP contribution in [0.15, 0.2) is 27.8 Å². The van der Waals surface area contributed by atoms with Gasteiger partial charge in [-0.1, -0.05) is 12.2 Å². The van der Waals surface area contributed by atoms with Crippen LogP contribution in [-0.2, 0) is 10.8 Å². The molecule has 0 saturated carbocycles. The van der Waals surface area contributed by atoms with Gasteiger partial charge in [0.1, 0.15) is 0 Å². The topological polar surface area (TPSA) is 43.1 Å². The van der Waals surface area contributed by atoms with Gasteiger partial charge < -0.3 is 5.73 Å². The molecule has 2 rings (SSSR count). The Morgan fingerprint density at radius 2 is 2.33 bits per heavy atom. The largest absolute Gasteiger partial charge is 0.397 e. The maximum atomic E-state index is 12.4. The zero-order chi connectivity index (χ0) is 10.9. The highest BCUT2D eigenvalue weighted by atomic mass is 32.2. The van der Waals surface area contributed by atoms with Gasteiger partial charge in [0, 0.05) is 10.8 Å². The van der Waals surface area contributed by atoms with E-state index in [0.717, 1.165) is 24.2 Å². The first kappa shape index (κ1) is 10.9. The molecule has 0 radical (unpaired) electrons. The van der Waals surface area contributed by atoms with Gasteiger partial charge in [-0.3, -0.25) is 4.21 Å². The molecule has 4 heteroatoms. The lowest BCUT2D eigenvalue weighted by Crippen LogP contribution is -2.30. The fourth-order valence-corrected chi connectivity index (χ4v) is 4.36. The summed E-state index contributed by atoms with van der Waals surface area (Å²) in [7, 11) is -1.02. The molecule has 0 bridgehead atoms. The Morgan fingerprint density at radius 1 is 1.53 bits per heavy atom. The summed E-state index contributed by atoms with van der Waals surface area (Å²) in [6.45, 7) is 2.05. The molecule has 0 aliphatic heterocycles. The lowest BCUT2D eigenvalue weighted by atomic mass is 9.97. The SMILES string of the molecule is CC1(S(=O)c2cscc2N)C=CCCC1. The Morgan fingerprint density at radius 3 is 2.87 bits per heavy atom. The molecule has 2 N–H and O–H groups in total. The summed E-state index contributed by atoms with van der Waals surface area (Å²) in [4.78, 5) is 0.800. The molecule has 1 aliphatic rings. The van der Waals surface area contributed by atoms with E-state index in [0.29, 0.717) is 5.69 Å². The molecular formula is C11H15NOS2. The Bertz CT molecular complexity index is 410. The van der Waals surface area contributed by atoms with E-state index in [1.807, 2.05) is 10.8 Å². The maximum Gasteiger partial charge on any atom is 0.0733 e. The highest BCUT2D eigenvalue weighted by Crippen LogP contribution is 2.34. The average Bonchev–Trinajstić information content (AvgIpc) is 2.64. The lowest BCUT2D eigenvalue weighted by Gasteiger charge is -2.27. The minimum absolute atomic E-state index is 0.229.